The van der Waals surface area contributed by atoms with E-state index in [4.69, 9.17) is 9.47 Å². The average Bonchev–Trinajstić information content (AvgIpc) is 2.70. The number of carbonyl (C=O) groups is 1. The lowest BCUT2D eigenvalue weighted by atomic mass is 10.0. The number of nitrogens with one attached hydrogen (secondary N) is 2. The van der Waals surface area contributed by atoms with E-state index in [1.807, 2.05) is 6.07 Å². The molecule has 1 aromatic heterocycles. The third-order valence-corrected chi connectivity index (χ3v) is 4.59. The van der Waals surface area contributed by atoms with Crippen LogP contribution in [-0.2, 0) is 0 Å². The molecule has 2 aromatic carbocycles. The molecule has 1 heterocycles. The first-order valence-corrected chi connectivity index (χ1v) is 9.25. The molecule has 0 saturated carbocycles. The average molecular weight is 391 g/mol. The maximum Gasteiger partial charge on any atom is 0.274 e. The first kappa shape index (κ1) is 20.2. The van der Waals surface area contributed by atoms with E-state index < -0.39 is 0 Å². The molecular formula is C23H25N3O3. The molecule has 3 rings (SSSR count). The molecule has 0 spiro atoms. The van der Waals surface area contributed by atoms with Crippen LogP contribution in [0.1, 0.15) is 27.2 Å². The molecule has 0 radical (unpaired) electrons. The number of carbonyl (C=O) groups excluding carboxylic acids is 1. The SMILES string of the molecule is COc1ccc(OC)c(NC(=O)c2cc(Nc3c(C)cc(C)cc3C)ccn2)c1. The van der Waals surface area contributed by atoms with Crippen molar-refractivity contribution >= 4 is 23.0 Å². The number of amides is 1. The molecule has 0 aliphatic heterocycles. The highest BCUT2D eigenvalue weighted by Crippen LogP contribution is 2.30. The summed E-state index contributed by atoms with van der Waals surface area (Å²) in [4.78, 5) is 17.0. The van der Waals surface area contributed by atoms with Crippen LogP contribution in [0.2, 0.25) is 0 Å². The lowest BCUT2D eigenvalue weighted by Gasteiger charge is -2.15. The molecule has 2 N–H and O–H groups in total. The number of methoxy groups -OCH3 is 2. The van der Waals surface area contributed by atoms with Crippen LogP contribution < -0.4 is 20.1 Å². The van der Waals surface area contributed by atoms with E-state index in [9.17, 15) is 4.79 Å². The Balaban J connectivity index is 1.84. The summed E-state index contributed by atoms with van der Waals surface area (Å²) >= 11 is 0. The Bertz CT molecular complexity index is 1020. The van der Waals surface area contributed by atoms with Crippen molar-refractivity contribution in [2.75, 3.05) is 24.9 Å². The van der Waals surface area contributed by atoms with Gasteiger partial charge in [0.2, 0.25) is 0 Å². The third-order valence-electron chi connectivity index (χ3n) is 4.59. The van der Waals surface area contributed by atoms with Gasteiger partial charge < -0.3 is 20.1 Å². The molecule has 1 amide bonds. The summed E-state index contributed by atoms with van der Waals surface area (Å²) in [6.45, 7) is 6.20. The van der Waals surface area contributed by atoms with Gasteiger partial charge in [-0.15, -0.1) is 0 Å². The lowest BCUT2D eigenvalue weighted by molar-refractivity contribution is 0.102. The van der Waals surface area contributed by atoms with E-state index in [0.717, 1.165) is 22.5 Å². The molecule has 29 heavy (non-hydrogen) atoms. The fraction of sp³-hybridized carbons (Fsp3) is 0.217. The molecule has 0 aliphatic rings. The van der Waals surface area contributed by atoms with E-state index >= 15 is 0 Å². The van der Waals surface area contributed by atoms with Crippen LogP contribution in [0.25, 0.3) is 0 Å². The standard InChI is InChI=1S/C23H25N3O3/c1-14-10-15(2)22(16(3)11-14)25-17-8-9-24-20(12-17)23(27)26-19-13-18(28-4)6-7-21(19)29-5/h6-13H,1-5H3,(H,24,25)(H,26,27). The van der Waals surface area contributed by atoms with E-state index in [1.54, 1.807) is 44.7 Å². The van der Waals surface area contributed by atoms with Crippen LogP contribution in [-0.4, -0.2) is 25.1 Å². The normalized spacial score (nSPS) is 10.4. The van der Waals surface area contributed by atoms with Crippen LogP contribution in [0.5, 0.6) is 11.5 Å². The van der Waals surface area contributed by atoms with Gasteiger partial charge in [0, 0.05) is 23.6 Å². The summed E-state index contributed by atoms with van der Waals surface area (Å²) in [7, 11) is 3.12. The Morgan fingerprint density at radius 2 is 1.66 bits per heavy atom. The van der Waals surface area contributed by atoms with Crippen molar-refractivity contribution in [2.45, 2.75) is 20.8 Å². The number of hydrogen-bond donors (Lipinski definition) is 2. The fourth-order valence-electron chi connectivity index (χ4n) is 3.25. The zero-order chi connectivity index (χ0) is 21.0. The Morgan fingerprint density at radius 1 is 0.931 bits per heavy atom. The monoisotopic (exact) mass is 391 g/mol. The van der Waals surface area contributed by atoms with E-state index in [1.165, 1.54) is 5.56 Å². The van der Waals surface area contributed by atoms with Crippen molar-refractivity contribution in [3.8, 4) is 11.5 Å². The highest BCUT2D eigenvalue weighted by Gasteiger charge is 2.13. The zero-order valence-electron chi connectivity index (χ0n) is 17.3. The summed E-state index contributed by atoms with van der Waals surface area (Å²) in [5, 5.41) is 6.24. The number of ether oxygens (including phenoxy) is 2. The summed E-state index contributed by atoms with van der Waals surface area (Å²) in [5.74, 6) is 0.826. The number of rotatable bonds is 6. The molecule has 0 fully saturated rings. The zero-order valence-corrected chi connectivity index (χ0v) is 17.3. The van der Waals surface area contributed by atoms with E-state index in [2.05, 4.69) is 48.5 Å². The second-order valence-electron chi connectivity index (χ2n) is 6.85. The largest absolute Gasteiger partial charge is 0.497 e. The summed E-state index contributed by atoms with van der Waals surface area (Å²) < 4.78 is 10.5. The summed E-state index contributed by atoms with van der Waals surface area (Å²) in [6, 6.07) is 13.0. The summed E-state index contributed by atoms with van der Waals surface area (Å²) in [5.41, 5.74) is 6.13. The Morgan fingerprint density at radius 3 is 2.31 bits per heavy atom. The Hall–Kier alpha value is -3.54. The maximum absolute atomic E-state index is 12.8. The number of nitrogens with zero attached hydrogens (tertiary/aromatic N) is 1. The second kappa shape index (κ2) is 8.65. The van der Waals surface area contributed by atoms with Crippen molar-refractivity contribution in [1.29, 1.82) is 0 Å². The molecule has 6 heteroatoms. The van der Waals surface area contributed by atoms with Crippen molar-refractivity contribution in [3.63, 3.8) is 0 Å². The predicted molar refractivity (Wildman–Crippen MR) is 116 cm³/mol. The molecule has 0 atom stereocenters. The second-order valence-corrected chi connectivity index (χ2v) is 6.85. The van der Waals surface area contributed by atoms with Crippen molar-refractivity contribution < 1.29 is 14.3 Å². The Kier molecular flexibility index (Phi) is 6.02. The number of pyridine rings is 1. The van der Waals surface area contributed by atoms with Gasteiger partial charge in [-0.3, -0.25) is 9.78 Å². The van der Waals surface area contributed by atoms with Gasteiger partial charge in [-0.05, 0) is 56.2 Å². The molecular weight excluding hydrogens is 366 g/mol. The van der Waals surface area contributed by atoms with Gasteiger partial charge in [-0.2, -0.15) is 0 Å². The minimum atomic E-state index is -0.336. The number of anilines is 3. The highest BCUT2D eigenvalue weighted by molar-refractivity contribution is 6.04. The molecule has 0 bridgehead atoms. The van der Waals surface area contributed by atoms with Crippen LogP contribution in [0.15, 0.2) is 48.7 Å². The number of benzene rings is 2. The molecule has 0 aliphatic carbocycles. The molecule has 0 saturated heterocycles. The van der Waals surface area contributed by atoms with Crippen LogP contribution >= 0.6 is 0 Å². The number of aromatic nitrogens is 1. The van der Waals surface area contributed by atoms with Crippen molar-refractivity contribution in [2.24, 2.45) is 0 Å². The fourth-order valence-corrected chi connectivity index (χ4v) is 3.25. The predicted octanol–water partition coefficient (Wildman–Crippen LogP) is 5.02. The molecule has 6 nitrogen and oxygen atoms in total. The van der Waals surface area contributed by atoms with E-state index in [-0.39, 0.29) is 5.91 Å². The number of hydrogen-bond acceptors (Lipinski definition) is 5. The van der Waals surface area contributed by atoms with Crippen molar-refractivity contribution in [1.82, 2.24) is 4.98 Å². The first-order chi connectivity index (χ1) is 13.9. The molecule has 3 aromatic rings. The highest BCUT2D eigenvalue weighted by atomic mass is 16.5. The van der Waals surface area contributed by atoms with Gasteiger partial charge in [0.15, 0.2) is 0 Å². The van der Waals surface area contributed by atoms with Crippen molar-refractivity contribution in [3.05, 3.63) is 71.0 Å². The molecule has 0 unspecified atom stereocenters. The topological polar surface area (TPSA) is 72.5 Å². The van der Waals surface area contributed by atoms with E-state index in [0.29, 0.717) is 22.9 Å². The minimum Gasteiger partial charge on any atom is -0.497 e. The van der Waals surface area contributed by atoms with Gasteiger partial charge in [0.1, 0.15) is 17.2 Å². The first-order valence-electron chi connectivity index (χ1n) is 9.25. The van der Waals surface area contributed by atoms with Gasteiger partial charge in [-0.25, -0.2) is 0 Å². The smallest absolute Gasteiger partial charge is 0.274 e. The van der Waals surface area contributed by atoms with Crippen LogP contribution in [0.3, 0.4) is 0 Å². The quantitative estimate of drug-likeness (QED) is 0.617. The minimum absolute atomic E-state index is 0.294. The van der Waals surface area contributed by atoms with Gasteiger partial charge in [0.25, 0.3) is 5.91 Å². The molecule has 150 valence electrons. The van der Waals surface area contributed by atoms with Gasteiger partial charge in [-0.1, -0.05) is 17.7 Å². The van der Waals surface area contributed by atoms with Gasteiger partial charge in [0.05, 0.1) is 19.9 Å². The third kappa shape index (κ3) is 4.66. The van der Waals surface area contributed by atoms with Crippen LogP contribution in [0.4, 0.5) is 17.1 Å². The summed E-state index contributed by atoms with van der Waals surface area (Å²) in [6.07, 6.45) is 1.61. The van der Waals surface area contributed by atoms with Gasteiger partial charge >= 0.3 is 0 Å². The number of aryl methyl sites for hydroxylation is 3. The van der Waals surface area contributed by atoms with Crippen LogP contribution in [0, 0.1) is 20.8 Å². The maximum atomic E-state index is 12.8. The lowest BCUT2D eigenvalue weighted by Crippen LogP contribution is -2.14. The Labute approximate surface area is 170 Å².